The summed E-state index contributed by atoms with van der Waals surface area (Å²) in [6.45, 7) is 3.02. The van der Waals surface area contributed by atoms with Crippen LogP contribution in [-0.4, -0.2) is 32.5 Å². The van der Waals surface area contributed by atoms with E-state index in [1.807, 2.05) is 36.4 Å². The number of benzene rings is 2. The molecule has 0 bridgehead atoms. The van der Waals surface area contributed by atoms with Crippen LogP contribution in [0.25, 0.3) is 0 Å². The van der Waals surface area contributed by atoms with Gasteiger partial charge in [-0.05, 0) is 41.7 Å². The van der Waals surface area contributed by atoms with Gasteiger partial charge in [0, 0.05) is 25.2 Å². The molecule has 0 saturated carbocycles. The molecule has 0 amide bonds. The Balaban J connectivity index is 1.53. The van der Waals surface area contributed by atoms with Crippen molar-refractivity contribution in [2.24, 2.45) is 5.41 Å². The molecule has 0 radical (unpaired) electrons. The third-order valence-electron chi connectivity index (χ3n) is 6.24. The van der Waals surface area contributed by atoms with Gasteiger partial charge in [0.2, 0.25) is 10.0 Å². The van der Waals surface area contributed by atoms with Gasteiger partial charge in [0.05, 0.1) is 24.2 Å². The average Bonchev–Trinajstić information content (AvgIpc) is 3.16. The number of sulfonamides is 1. The Bertz CT molecular complexity index is 951. The normalized spacial score (nSPS) is 24.5. The molecule has 0 aliphatic carbocycles. The lowest BCUT2D eigenvalue weighted by atomic mass is 9.65. The SMILES string of the molecule is O=S(=O)(c1ccc2c(c1)COC2)N1CC2(CCOCC2)[C@@H]1c1ccccc1. The second kappa shape index (κ2) is 6.41. The highest BCUT2D eigenvalue weighted by Gasteiger charge is 2.57. The molecule has 2 aromatic carbocycles. The van der Waals surface area contributed by atoms with Crippen LogP contribution in [0.1, 0.15) is 35.6 Å². The molecule has 3 aliphatic rings. The summed E-state index contributed by atoms with van der Waals surface area (Å²) in [5.41, 5.74) is 3.11. The van der Waals surface area contributed by atoms with Crippen molar-refractivity contribution in [1.82, 2.24) is 4.31 Å². The van der Waals surface area contributed by atoms with Gasteiger partial charge in [-0.2, -0.15) is 4.31 Å². The van der Waals surface area contributed by atoms with E-state index in [0.717, 1.165) is 29.5 Å². The predicted octanol–water partition coefficient (Wildman–Crippen LogP) is 3.26. The van der Waals surface area contributed by atoms with Gasteiger partial charge in [0.15, 0.2) is 0 Å². The van der Waals surface area contributed by atoms with Crippen LogP contribution in [0.5, 0.6) is 0 Å². The van der Waals surface area contributed by atoms with Gasteiger partial charge in [0.25, 0.3) is 0 Å². The first-order valence-corrected chi connectivity index (χ1v) is 10.9. The molecule has 6 heteroatoms. The molecule has 2 fully saturated rings. The van der Waals surface area contributed by atoms with Crippen molar-refractivity contribution in [2.45, 2.75) is 37.0 Å². The number of rotatable bonds is 3. The largest absolute Gasteiger partial charge is 0.381 e. The molecule has 142 valence electrons. The zero-order valence-corrected chi connectivity index (χ0v) is 16.0. The van der Waals surface area contributed by atoms with E-state index in [1.165, 1.54) is 0 Å². The Morgan fingerprint density at radius 2 is 1.67 bits per heavy atom. The molecular weight excluding hydrogens is 362 g/mol. The predicted molar refractivity (Wildman–Crippen MR) is 100 cm³/mol. The minimum Gasteiger partial charge on any atom is -0.381 e. The van der Waals surface area contributed by atoms with Crippen LogP contribution in [0.4, 0.5) is 0 Å². The maximum Gasteiger partial charge on any atom is 0.243 e. The first-order chi connectivity index (χ1) is 13.1. The number of hydrogen-bond acceptors (Lipinski definition) is 4. The molecule has 0 N–H and O–H groups in total. The first-order valence-electron chi connectivity index (χ1n) is 9.44. The van der Waals surface area contributed by atoms with Crippen LogP contribution < -0.4 is 0 Å². The van der Waals surface area contributed by atoms with Gasteiger partial charge >= 0.3 is 0 Å². The minimum absolute atomic E-state index is 0.0213. The third kappa shape index (κ3) is 2.74. The molecular formula is C21H23NO4S. The topological polar surface area (TPSA) is 55.8 Å². The molecule has 27 heavy (non-hydrogen) atoms. The van der Waals surface area contributed by atoms with Crippen molar-refractivity contribution in [1.29, 1.82) is 0 Å². The molecule has 3 aliphatic heterocycles. The van der Waals surface area contributed by atoms with E-state index in [9.17, 15) is 8.42 Å². The lowest BCUT2D eigenvalue weighted by Gasteiger charge is -2.58. The second-order valence-electron chi connectivity index (χ2n) is 7.76. The highest BCUT2D eigenvalue weighted by molar-refractivity contribution is 7.89. The fourth-order valence-electron chi connectivity index (χ4n) is 4.71. The van der Waals surface area contributed by atoms with Gasteiger partial charge in [-0.3, -0.25) is 0 Å². The van der Waals surface area contributed by atoms with Crippen LogP contribution in [0.2, 0.25) is 0 Å². The van der Waals surface area contributed by atoms with Gasteiger partial charge in [-0.15, -0.1) is 0 Å². The molecule has 0 unspecified atom stereocenters. The smallest absolute Gasteiger partial charge is 0.243 e. The van der Waals surface area contributed by atoms with E-state index in [-0.39, 0.29) is 11.5 Å². The standard InChI is InChI=1S/C21H23NO4S/c23-27(24,19-7-6-17-13-26-14-18(17)12-19)22-15-21(8-10-25-11-9-21)20(22)16-4-2-1-3-5-16/h1-7,12,20H,8-11,13-15H2/t20-/m0/s1. The zero-order valence-electron chi connectivity index (χ0n) is 15.1. The second-order valence-corrected chi connectivity index (χ2v) is 9.65. The Morgan fingerprint density at radius 1 is 0.926 bits per heavy atom. The van der Waals surface area contributed by atoms with E-state index in [0.29, 0.717) is 37.9 Å². The van der Waals surface area contributed by atoms with Crippen LogP contribution in [0.15, 0.2) is 53.4 Å². The third-order valence-corrected chi connectivity index (χ3v) is 8.05. The van der Waals surface area contributed by atoms with Crippen molar-refractivity contribution < 1.29 is 17.9 Å². The van der Waals surface area contributed by atoms with Crippen molar-refractivity contribution >= 4 is 10.0 Å². The van der Waals surface area contributed by atoms with Crippen molar-refractivity contribution in [2.75, 3.05) is 19.8 Å². The highest BCUT2D eigenvalue weighted by atomic mass is 32.2. The molecule has 0 aromatic heterocycles. The number of nitrogens with zero attached hydrogens (tertiary/aromatic N) is 1. The highest BCUT2D eigenvalue weighted by Crippen LogP contribution is 2.56. The lowest BCUT2D eigenvalue weighted by Crippen LogP contribution is -2.62. The van der Waals surface area contributed by atoms with Crippen molar-refractivity contribution in [3.05, 3.63) is 65.2 Å². The summed E-state index contributed by atoms with van der Waals surface area (Å²) >= 11 is 0. The van der Waals surface area contributed by atoms with Crippen LogP contribution >= 0.6 is 0 Å². The van der Waals surface area contributed by atoms with Gasteiger partial charge in [0.1, 0.15) is 0 Å². The average molecular weight is 385 g/mol. The monoisotopic (exact) mass is 385 g/mol. The number of fused-ring (bicyclic) bond motifs is 1. The van der Waals surface area contributed by atoms with Crippen molar-refractivity contribution in [3.8, 4) is 0 Å². The van der Waals surface area contributed by atoms with E-state index >= 15 is 0 Å². The van der Waals surface area contributed by atoms with Crippen LogP contribution in [0.3, 0.4) is 0 Å². The maximum atomic E-state index is 13.5. The summed E-state index contributed by atoms with van der Waals surface area (Å²) < 4.78 is 39.6. The quantitative estimate of drug-likeness (QED) is 0.814. The van der Waals surface area contributed by atoms with Crippen molar-refractivity contribution in [3.63, 3.8) is 0 Å². The fourth-order valence-corrected chi connectivity index (χ4v) is 6.57. The lowest BCUT2D eigenvalue weighted by molar-refractivity contribution is -0.0952. The Morgan fingerprint density at radius 3 is 2.44 bits per heavy atom. The van der Waals surface area contributed by atoms with E-state index in [2.05, 4.69) is 0 Å². The summed E-state index contributed by atoms with van der Waals surface area (Å²) in [6, 6.07) is 15.3. The molecule has 2 saturated heterocycles. The Kier molecular flexibility index (Phi) is 4.13. The minimum atomic E-state index is -3.56. The molecule has 1 atom stereocenters. The van der Waals surface area contributed by atoms with Gasteiger partial charge in [-0.25, -0.2) is 8.42 Å². The molecule has 5 rings (SSSR count). The van der Waals surface area contributed by atoms with E-state index in [1.54, 1.807) is 16.4 Å². The maximum absolute atomic E-state index is 13.5. The summed E-state index contributed by atoms with van der Waals surface area (Å²) in [5, 5.41) is 0. The number of ether oxygens (including phenoxy) is 2. The zero-order chi connectivity index (χ0) is 18.5. The molecule has 3 heterocycles. The summed E-state index contributed by atoms with van der Waals surface area (Å²) in [5.74, 6) is 0. The molecule has 1 spiro atoms. The molecule has 2 aromatic rings. The van der Waals surface area contributed by atoms with Crippen LogP contribution in [0, 0.1) is 5.41 Å². The van der Waals surface area contributed by atoms with E-state index < -0.39 is 10.0 Å². The summed E-state index contributed by atoms with van der Waals surface area (Å²) in [4.78, 5) is 0.370. The number of hydrogen-bond donors (Lipinski definition) is 0. The van der Waals surface area contributed by atoms with Crippen LogP contribution in [-0.2, 0) is 32.7 Å². The Hall–Kier alpha value is -1.73. The van der Waals surface area contributed by atoms with E-state index in [4.69, 9.17) is 9.47 Å². The first kappa shape index (κ1) is 17.4. The molecule has 5 nitrogen and oxygen atoms in total. The summed E-state index contributed by atoms with van der Waals surface area (Å²) in [6.07, 6.45) is 1.80. The fraction of sp³-hybridized carbons (Fsp3) is 0.429. The van der Waals surface area contributed by atoms with Gasteiger partial charge in [-0.1, -0.05) is 36.4 Å². The summed E-state index contributed by atoms with van der Waals surface area (Å²) in [7, 11) is -3.56. The van der Waals surface area contributed by atoms with Gasteiger partial charge < -0.3 is 9.47 Å². The Labute approximate surface area is 160 Å².